The molecular formula is C34H54N2O5. The summed E-state index contributed by atoms with van der Waals surface area (Å²) < 4.78 is 17.9. The number of hydrogen-bond donors (Lipinski definition) is 1. The molecule has 7 nitrogen and oxygen atoms in total. The summed E-state index contributed by atoms with van der Waals surface area (Å²) in [5.41, 5.74) is 3.38. The Hall–Kier alpha value is -2.25. The molecule has 1 N–H and O–H groups in total. The van der Waals surface area contributed by atoms with Crippen LogP contribution in [0.5, 0.6) is 0 Å². The zero-order valence-corrected chi connectivity index (χ0v) is 26.3. The molecule has 3 rings (SSSR count). The van der Waals surface area contributed by atoms with Gasteiger partial charge in [-0.2, -0.15) is 0 Å². The zero-order chi connectivity index (χ0) is 29.7. The van der Waals surface area contributed by atoms with E-state index in [-0.39, 0.29) is 23.7 Å². The zero-order valence-electron chi connectivity index (χ0n) is 26.3. The molecule has 1 unspecified atom stereocenters. The number of fused-ring (bicyclic) bond motifs is 1. The monoisotopic (exact) mass is 570 g/mol. The number of hydrogen-bond acceptors (Lipinski definition) is 7. The normalized spacial score (nSPS) is 18.6. The van der Waals surface area contributed by atoms with Gasteiger partial charge < -0.3 is 19.4 Å². The summed E-state index contributed by atoms with van der Waals surface area (Å²) in [7, 11) is 0. The second kappa shape index (κ2) is 16.4. The number of carbonyl (C=O) groups is 1. The number of aryl methyl sites for hydroxylation is 1. The highest BCUT2D eigenvalue weighted by Gasteiger charge is 2.44. The van der Waals surface area contributed by atoms with Crippen LogP contribution in [-0.2, 0) is 24.4 Å². The highest BCUT2D eigenvalue weighted by atomic mass is 16.8. The molecule has 230 valence electrons. The Balaban J connectivity index is 1.67. The number of aliphatic imine (C=N–C) groups is 1. The van der Waals surface area contributed by atoms with E-state index in [9.17, 15) is 10.0 Å². The number of ether oxygens (including phenoxy) is 3. The predicted octanol–water partition coefficient (Wildman–Crippen LogP) is 7.92. The third-order valence-electron chi connectivity index (χ3n) is 8.99. The fourth-order valence-corrected chi connectivity index (χ4v) is 6.86. The summed E-state index contributed by atoms with van der Waals surface area (Å²) in [6.45, 7) is 12.3. The Morgan fingerprint density at radius 3 is 2.24 bits per heavy atom. The van der Waals surface area contributed by atoms with Gasteiger partial charge in [-0.25, -0.2) is 4.79 Å². The molecule has 41 heavy (non-hydrogen) atoms. The van der Waals surface area contributed by atoms with Crippen molar-refractivity contribution in [3.05, 3.63) is 34.9 Å². The minimum absolute atomic E-state index is 0.0490. The lowest BCUT2D eigenvalue weighted by molar-refractivity contribution is -0.222. The summed E-state index contributed by atoms with van der Waals surface area (Å²) in [5.74, 6) is -1.63. The van der Waals surface area contributed by atoms with Gasteiger partial charge in [0.2, 0.25) is 11.5 Å². The number of esters is 1. The molecule has 1 aromatic rings. The maximum atomic E-state index is 13.4. The molecule has 2 aliphatic rings. The Labute approximate surface area is 248 Å². The quantitative estimate of drug-likeness (QED) is 0.0637. The van der Waals surface area contributed by atoms with Crippen LogP contribution in [0.1, 0.15) is 128 Å². The molecule has 0 spiro atoms. The Morgan fingerprint density at radius 2 is 1.63 bits per heavy atom. The van der Waals surface area contributed by atoms with Crippen molar-refractivity contribution in [1.29, 1.82) is 0 Å². The third-order valence-corrected chi connectivity index (χ3v) is 8.99. The van der Waals surface area contributed by atoms with Crippen molar-refractivity contribution in [2.24, 2.45) is 16.1 Å². The van der Waals surface area contributed by atoms with Crippen LogP contribution < -0.4 is 0 Å². The fraction of sp³-hybridized carbons (Fsp3) is 0.735. The standard InChI is InChI=1S/C34H54N2O5/c1-6-9-10-11-12-13-14-15-18-27(5)34(40-22-23-41-34)25-39-32(37)31(36-38)30-28-19-16-17-26(4)29(28)33(20-7-2,21-8-3)24-35-30/h16-17,19,27,38H,6-15,18,20-25H2,1-5H3/b36-31+. The van der Waals surface area contributed by atoms with E-state index in [4.69, 9.17) is 19.2 Å². The Kier molecular flexibility index (Phi) is 13.3. The number of oxime groups is 1. The van der Waals surface area contributed by atoms with E-state index in [1.54, 1.807) is 0 Å². The lowest BCUT2D eigenvalue weighted by Crippen LogP contribution is -2.45. The van der Waals surface area contributed by atoms with Crippen LogP contribution in [0.2, 0.25) is 0 Å². The second-order valence-corrected chi connectivity index (χ2v) is 12.1. The van der Waals surface area contributed by atoms with E-state index in [2.05, 4.69) is 45.8 Å². The average Bonchev–Trinajstić information content (AvgIpc) is 3.45. The van der Waals surface area contributed by atoms with Gasteiger partial charge in [-0.1, -0.05) is 115 Å². The maximum Gasteiger partial charge on any atom is 0.362 e. The summed E-state index contributed by atoms with van der Waals surface area (Å²) in [6, 6.07) is 6.07. The summed E-state index contributed by atoms with van der Waals surface area (Å²) >= 11 is 0. The van der Waals surface area contributed by atoms with Crippen molar-refractivity contribution in [2.45, 2.75) is 129 Å². The minimum Gasteiger partial charge on any atom is -0.455 e. The number of rotatable bonds is 18. The van der Waals surface area contributed by atoms with Crippen molar-refractivity contribution in [1.82, 2.24) is 0 Å². The maximum absolute atomic E-state index is 13.4. The molecule has 1 aromatic carbocycles. The number of carbonyl (C=O) groups excluding carboxylic acids is 1. The number of benzene rings is 1. The van der Waals surface area contributed by atoms with Crippen molar-refractivity contribution >= 4 is 17.4 Å². The molecule has 7 heteroatoms. The van der Waals surface area contributed by atoms with Crippen LogP contribution >= 0.6 is 0 Å². The summed E-state index contributed by atoms with van der Waals surface area (Å²) in [6.07, 6.45) is 15.1. The lowest BCUT2D eigenvalue weighted by atomic mass is 9.68. The first kappa shape index (κ1) is 33.3. The first-order valence-electron chi connectivity index (χ1n) is 16.2. The summed E-state index contributed by atoms with van der Waals surface area (Å²) in [5, 5.41) is 13.4. The first-order chi connectivity index (χ1) is 19.9. The van der Waals surface area contributed by atoms with E-state index < -0.39 is 11.8 Å². The van der Waals surface area contributed by atoms with Gasteiger partial charge in [0, 0.05) is 23.4 Å². The van der Waals surface area contributed by atoms with Gasteiger partial charge in [0.05, 0.1) is 13.2 Å². The van der Waals surface area contributed by atoms with Crippen LogP contribution in [0.25, 0.3) is 0 Å². The van der Waals surface area contributed by atoms with Crippen molar-refractivity contribution in [2.75, 3.05) is 26.4 Å². The Morgan fingerprint density at radius 1 is 1.00 bits per heavy atom. The summed E-state index contributed by atoms with van der Waals surface area (Å²) in [4.78, 5) is 18.3. The first-order valence-corrected chi connectivity index (χ1v) is 16.2. The van der Waals surface area contributed by atoms with Gasteiger partial charge in [0.1, 0.15) is 12.3 Å². The van der Waals surface area contributed by atoms with Crippen LogP contribution in [0.15, 0.2) is 28.3 Å². The third kappa shape index (κ3) is 8.19. The SMILES string of the molecule is CCCCCCCCCCC(C)C1(COC(=O)/C(=N/O)C2=NCC(CCC)(CCC)c3c(C)cccc32)OCCO1. The molecule has 2 aliphatic heterocycles. The molecule has 0 aliphatic carbocycles. The molecule has 1 fully saturated rings. The van der Waals surface area contributed by atoms with Gasteiger partial charge in [0.25, 0.3) is 0 Å². The van der Waals surface area contributed by atoms with Crippen LogP contribution in [0, 0.1) is 12.8 Å². The lowest BCUT2D eigenvalue weighted by Gasteiger charge is -2.39. The topological polar surface area (TPSA) is 89.7 Å². The Bertz CT molecular complexity index is 1020. The van der Waals surface area contributed by atoms with Crippen LogP contribution in [0.4, 0.5) is 0 Å². The largest absolute Gasteiger partial charge is 0.455 e. The van der Waals surface area contributed by atoms with Gasteiger partial charge in [0.15, 0.2) is 0 Å². The van der Waals surface area contributed by atoms with E-state index in [0.29, 0.717) is 25.5 Å². The molecule has 0 radical (unpaired) electrons. The highest BCUT2D eigenvalue weighted by Crippen LogP contribution is 2.42. The molecule has 0 aromatic heterocycles. The molecule has 0 amide bonds. The van der Waals surface area contributed by atoms with Crippen molar-refractivity contribution < 1.29 is 24.2 Å². The van der Waals surface area contributed by atoms with Crippen LogP contribution in [0.3, 0.4) is 0 Å². The smallest absolute Gasteiger partial charge is 0.362 e. The van der Waals surface area contributed by atoms with Crippen molar-refractivity contribution in [3.63, 3.8) is 0 Å². The fourth-order valence-electron chi connectivity index (χ4n) is 6.86. The number of unbranched alkanes of at least 4 members (excludes halogenated alkanes) is 7. The van der Waals surface area contributed by atoms with Gasteiger partial charge in [-0.05, 0) is 37.3 Å². The number of nitrogens with zero attached hydrogens (tertiary/aromatic N) is 2. The second-order valence-electron chi connectivity index (χ2n) is 12.1. The van der Waals surface area contributed by atoms with Gasteiger partial charge in [-0.3, -0.25) is 4.99 Å². The van der Waals surface area contributed by atoms with Gasteiger partial charge in [-0.15, -0.1) is 0 Å². The molecule has 0 saturated carbocycles. The highest BCUT2D eigenvalue weighted by molar-refractivity contribution is 6.69. The predicted molar refractivity (Wildman–Crippen MR) is 165 cm³/mol. The van der Waals surface area contributed by atoms with E-state index in [1.165, 1.54) is 56.1 Å². The van der Waals surface area contributed by atoms with E-state index in [0.717, 1.165) is 44.1 Å². The molecule has 1 atom stereocenters. The molecule has 2 heterocycles. The molecule has 1 saturated heterocycles. The van der Waals surface area contributed by atoms with Crippen LogP contribution in [-0.4, -0.2) is 54.8 Å². The van der Waals surface area contributed by atoms with Crippen molar-refractivity contribution in [3.8, 4) is 0 Å². The van der Waals surface area contributed by atoms with Gasteiger partial charge >= 0.3 is 5.97 Å². The molecule has 0 bridgehead atoms. The minimum atomic E-state index is -0.975. The van der Waals surface area contributed by atoms with E-state index >= 15 is 0 Å². The average molecular weight is 571 g/mol. The molecular weight excluding hydrogens is 516 g/mol. The van der Waals surface area contributed by atoms with E-state index in [1.807, 2.05) is 12.1 Å².